The summed E-state index contributed by atoms with van der Waals surface area (Å²) in [6, 6.07) is 0. The summed E-state index contributed by atoms with van der Waals surface area (Å²) in [6.45, 7) is 0. The zero-order valence-electron chi connectivity index (χ0n) is 10.6. The van der Waals surface area contributed by atoms with Gasteiger partial charge in [-0.15, -0.1) is 0 Å². The summed E-state index contributed by atoms with van der Waals surface area (Å²) >= 11 is 5.13. The fourth-order valence-electron chi connectivity index (χ4n) is 1.90. The number of aliphatic carboxylic acids is 1. The van der Waals surface area contributed by atoms with Gasteiger partial charge in [-0.05, 0) is 18.6 Å². The SMILES string of the molecule is Cn1c(=O)c2[nH]c(CCCC(=O)O)nc2n(C)c1=S. The second kappa shape index (κ2) is 4.96. The minimum absolute atomic E-state index is 0.0769. The number of hydrogen-bond donors (Lipinski definition) is 2. The van der Waals surface area contributed by atoms with E-state index in [1.165, 1.54) is 4.57 Å². The zero-order chi connectivity index (χ0) is 14.2. The number of imidazole rings is 1. The van der Waals surface area contributed by atoms with E-state index < -0.39 is 5.97 Å². The maximum Gasteiger partial charge on any atom is 0.303 e. The van der Waals surface area contributed by atoms with Crippen molar-refractivity contribution in [1.82, 2.24) is 19.1 Å². The molecular weight excluding hydrogens is 268 g/mol. The molecule has 2 N–H and O–H groups in total. The molecule has 0 amide bonds. The molecular formula is C11H14N4O3S. The summed E-state index contributed by atoms with van der Waals surface area (Å²) in [7, 11) is 3.35. The van der Waals surface area contributed by atoms with Gasteiger partial charge in [-0.3, -0.25) is 14.2 Å². The third kappa shape index (κ3) is 2.43. The molecule has 0 radical (unpaired) electrons. The van der Waals surface area contributed by atoms with Gasteiger partial charge in [0.2, 0.25) is 0 Å². The Hall–Kier alpha value is -1.96. The second-order valence-electron chi connectivity index (χ2n) is 4.34. The molecule has 102 valence electrons. The fraction of sp³-hybridized carbons (Fsp3) is 0.455. The van der Waals surface area contributed by atoms with E-state index in [1.807, 2.05) is 0 Å². The lowest BCUT2D eigenvalue weighted by Gasteiger charge is -2.03. The summed E-state index contributed by atoms with van der Waals surface area (Å²) < 4.78 is 3.42. The lowest BCUT2D eigenvalue weighted by Crippen LogP contribution is -2.21. The monoisotopic (exact) mass is 282 g/mol. The molecule has 0 aliphatic heterocycles. The van der Waals surface area contributed by atoms with E-state index in [-0.39, 0.29) is 12.0 Å². The van der Waals surface area contributed by atoms with Crippen molar-refractivity contribution >= 4 is 29.4 Å². The maximum absolute atomic E-state index is 12.0. The van der Waals surface area contributed by atoms with E-state index in [9.17, 15) is 9.59 Å². The molecule has 8 heteroatoms. The first-order valence-corrected chi connectivity index (χ1v) is 6.19. The molecule has 0 fully saturated rings. The summed E-state index contributed by atoms with van der Waals surface area (Å²) in [5.74, 6) is -0.241. The van der Waals surface area contributed by atoms with Crippen molar-refractivity contribution < 1.29 is 9.90 Å². The van der Waals surface area contributed by atoms with Crippen molar-refractivity contribution in [3.8, 4) is 0 Å². The molecule has 0 saturated carbocycles. The lowest BCUT2D eigenvalue weighted by molar-refractivity contribution is -0.137. The van der Waals surface area contributed by atoms with Gasteiger partial charge >= 0.3 is 5.97 Å². The van der Waals surface area contributed by atoms with E-state index in [4.69, 9.17) is 17.3 Å². The van der Waals surface area contributed by atoms with Crippen LogP contribution in [0.25, 0.3) is 11.2 Å². The van der Waals surface area contributed by atoms with Crippen molar-refractivity contribution in [2.75, 3.05) is 0 Å². The molecule has 0 bridgehead atoms. The van der Waals surface area contributed by atoms with Crippen molar-refractivity contribution in [2.24, 2.45) is 14.1 Å². The number of carbonyl (C=O) groups is 1. The number of carboxylic acids is 1. The Balaban J connectivity index is 2.44. The third-order valence-electron chi connectivity index (χ3n) is 2.95. The van der Waals surface area contributed by atoms with Crippen LogP contribution in [-0.2, 0) is 25.3 Å². The fourth-order valence-corrected chi connectivity index (χ4v) is 2.07. The number of aryl methyl sites for hydroxylation is 2. The Kier molecular flexibility index (Phi) is 3.52. The molecule has 0 aliphatic carbocycles. The number of fused-ring (bicyclic) bond motifs is 1. The number of aromatic nitrogens is 4. The molecule has 2 rings (SSSR count). The first-order chi connectivity index (χ1) is 8.91. The minimum Gasteiger partial charge on any atom is -0.481 e. The van der Waals surface area contributed by atoms with Crippen LogP contribution in [0.5, 0.6) is 0 Å². The van der Waals surface area contributed by atoms with Crippen LogP contribution in [0.4, 0.5) is 0 Å². The number of nitrogens with one attached hydrogen (secondary N) is 1. The van der Waals surface area contributed by atoms with E-state index in [0.717, 1.165) is 0 Å². The number of hydrogen-bond acceptors (Lipinski definition) is 4. The molecule has 0 aromatic carbocycles. The van der Waals surface area contributed by atoms with Gasteiger partial charge in [-0.25, -0.2) is 4.98 Å². The predicted octanol–water partition coefficient (Wildman–Crippen LogP) is 0.737. The molecule has 0 aliphatic rings. The van der Waals surface area contributed by atoms with Gasteiger partial charge < -0.3 is 14.7 Å². The van der Waals surface area contributed by atoms with Gasteiger partial charge in [0, 0.05) is 26.9 Å². The van der Waals surface area contributed by atoms with E-state index in [2.05, 4.69) is 9.97 Å². The van der Waals surface area contributed by atoms with E-state index >= 15 is 0 Å². The highest BCUT2D eigenvalue weighted by Gasteiger charge is 2.11. The summed E-state index contributed by atoms with van der Waals surface area (Å²) in [6.07, 6.45) is 1.03. The summed E-state index contributed by atoms with van der Waals surface area (Å²) in [5.41, 5.74) is 0.664. The van der Waals surface area contributed by atoms with Gasteiger partial charge in [0.25, 0.3) is 5.56 Å². The number of rotatable bonds is 4. The van der Waals surface area contributed by atoms with E-state index in [1.54, 1.807) is 18.7 Å². The Morgan fingerprint density at radius 3 is 2.74 bits per heavy atom. The Labute approximate surface area is 113 Å². The Bertz CT molecular complexity index is 756. The third-order valence-corrected chi connectivity index (χ3v) is 3.50. The zero-order valence-corrected chi connectivity index (χ0v) is 11.5. The van der Waals surface area contributed by atoms with Crippen LogP contribution in [0, 0.1) is 4.77 Å². The average molecular weight is 282 g/mol. The second-order valence-corrected chi connectivity index (χ2v) is 4.70. The van der Waals surface area contributed by atoms with Crippen LogP contribution < -0.4 is 5.56 Å². The van der Waals surface area contributed by atoms with Crippen LogP contribution in [0.15, 0.2) is 4.79 Å². The normalized spacial score (nSPS) is 11.1. The first kappa shape index (κ1) is 13.5. The molecule has 2 aromatic rings. The van der Waals surface area contributed by atoms with Gasteiger partial charge in [0.05, 0.1) is 0 Å². The van der Waals surface area contributed by atoms with Crippen molar-refractivity contribution in [3.05, 3.63) is 20.9 Å². The number of nitrogens with zero attached hydrogens (tertiary/aromatic N) is 3. The number of H-pyrrole nitrogens is 1. The standard InChI is InChI=1S/C11H14N4O3S/c1-14-9-8(10(18)15(2)11(14)19)12-6(13-9)4-3-5-7(16)17/h3-5H2,1-2H3,(H,12,13)(H,16,17). The maximum atomic E-state index is 12.0. The van der Waals surface area contributed by atoms with Crippen molar-refractivity contribution in [3.63, 3.8) is 0 Å². The Morgan fingerprint density at radius 2 is 2.11 bits per heavy atom. The van der Waals surface area contributed by atoms with Gasteiger partial charge in [0.1, 0.15) is 11.3 Å². The molecule has 0 saturated heterocycles. The molecule has 7 nitrogen and oxygen atoms in total. The highest BCUT2D eigenvalue weighted by atomic mass is 32.1. The van der Waals surface area contributed by atoms with Crippen molar-refractivity contribution in [2.45, 2.75) is 19.3 Å². The summed E-state index contributed by atoms with van der Waals surface area (Å²) in [5, 5.41) is 8.59. The summed E-state index contributed by atoms with van der Waals surface area (Å²) in [4.78, 5) is 29.7. The van der Waals surface area contributed by atoms with Crippen LogP contribution in [-0.4, -0.2) is 30.2 Å². The number of aromatic amines is 1. The molecule has 19 heavy (non-hydrogen) atoms. The van der Waals surface area contributed by atoms with Crippen LogP contribution in [0.2, 0.25) is 0 Å². The first-order valence-electron chi connectivity index (χ1n) is 5.78. The number of carboxylic acid groups (broad SMARTS) is 1. The molecule has 0 atom stereocenters. The van der Waals surface area contributed by atoms with Crippen molar-refractivity contribution in [1.29, 1.82) is 0 Å². The smallest absolute Gasteiger partial charge is 0.303 e. The molecule has 2 aromatic heterocycles. The quantitative estimate of drug-likeness (QED) is 0.807. The van der Waals surface area contributed by atoms with Gasteiger partial charge in [-0.1, -0.05) is 0 Å². The Morgan fingerprint density at radius 1 is 1.42 bits per heavy atom. The minimum atomic E-state index is -0.842. The average Bonchev–Trinajstić information content (AvgIpc) is 2.77. The van der Waals surface area contributed by atoms with Gasteiger partial charge in [0.15, 0.2) is 10.4 Å². The topological polar surface area (TPSA) is 92.9 Å². The van der Waals surface area contributed by atoms with E-state index in [0.29, 0.717) is 34.6 Å². The molecule has 2 heterocycles. The lowest BCUT2D eigenvalue weighted by atomic mass is 10.2. The van der Waals surface area contributed by atoms with Crippen LogP contribution in [0.3, 0.4) is 0 Å². The molecule has 0 spiro atoms. The molecule has 0 unspecified atom stereocenters. The van der Waals surface area contributed by atoms with Gasteiger partial charge in [-0.2, -0.15) is 0 Å². The predicted molar refractivity (Wildman–Crippen MR) is 71.7 cm³/mol. The largest absolute Gasteiger partial charge is 0.481 e. The highest BCUT2D eigenvalue weighted by Crippen LogP contribution is 2.09. The van der Waals surface area contributed by atoms with Crippen LogP contribution in [0.1, 0.15) is 18.7 Å². The highest BCUT2D eigenvalue weighted by molar-refractivity contribution is 7.71. The van der Waals surface area contributed by atoms with Crippen LogP contribution >= 0.6 is 12.2 Å².